The fraction of sp³-hybridized carbons (Fsp3) is 0.500. The zero-order valence-corrected chi connectivity index (χ0v) is 2.51. The Morgan fingerprint density at radius 2 is 2.60 bits per heavy atom. The first-order chi connectivity index (χ1) is 2.64. The van der Waals surface area contributed by atoms with Gasteiger partial charge in [-0.15, -0.1) is 0 Å². The second-order valence-electron chi connectivity index (χ2n) is 0.505. The lowest BCUT2D eigenvalue weighted by Crippen LogP contribution is -2.10. The number of hydrogen-bond acceptors (Lipinski definition) is 2. The van der Waals surface area contributed by atoms with Crippen LogP contribution in [0.5, 0.6) is 0 Å². The van der Waals surface area contributed by atoms with Gasteiger partial charge in [-0.25, -0.2) is 0 Å². The Morgan fingerprint density at radius 1 is 2.40 bits per heavy atom. The zero-order chi connectivity index (χ0) is 5.15. The third kappa shape index (κ3) is 3.43. The Bertz CT molecular complexity index is 62.6. The number of carbonyl (C=O) groups is 1. The van der Waals surface area contributed by atoms with Crippen LogP contribution in [0.15, 0.2) is 0 Å². The van der Waals surface area contributed by atoms with Gasteiger partial charge in [0.05, 0.1) is 7.89 Å². The van der Waals surface area contributed by atoms with Gasteiger partial charge in [0.15, 0.2) is 0 Å². The molecule has 5 heavy (non-hydrogen) atoms. The average molecular weight is 77.1 g/mol. The molecule has 0 fully saturated rings. The van der Waals surface area contributed by atoms with Crippen LogP contribution in [0, 0.1) is 0 Å². The number of rotatable bonds is 1. The van der Waals surface area contributed by atoms with Crippen LogP contribution in [0.3, 0.4) is 0 Å². The molecule has 1 unspecified atom stereocenters. The van der Waals surface area contributed by atoms with Crippen LogP contribution in [0.2, 0.25) is 0 Å². The summed E-state index contributed by atoms with van der Waals surface area (Å²) >= 11 is 0. The summed E-state index contributed by atoms with van der Waals surface area (Å²) in [6.45, 7) is -1.48. The van der Waals surface area contributed by atoms with Crippen molar-refractivity contribution in [3.63, 3.8) is 0 Å². The van der Waals surface area contributed by atoms with E-state index in [2.05, 4.69) is 5.73 Å². The van der Waals surface area contributed by atoms with Crippen LogP contribution in [0.4, 0.5) is 0 Å². The van der Waals surface area contributed by atoms with Gasteiger partial charge in [-0.05, 0) is 0 Å². The van der Waals surface area contributed by atoms with Crippen LogP contribution in [-0.2, 0) is 4.79 Å². The molecule has 0 aromatic carbocycles. The molecule has 0 aromatic heterocycles. The van der Waals surface area contributed by atoms with Gasteiger partial charge in [0, 0.05) is 0 Å². The van der Waals surface area contributed by atoms with E-state index in [1.54, 1.807) is 0 Å². The van der Waals surface area contributed by atoms with Gasteiger partial charge in [-0.1, -0.05) is 0 Å². The number of hydrogen-bond donors (Lipinski definition) is 2. The van der Waals surface area contributed by atoms with Crippen LogP contribution >= 0.6 is 0 Å². The highest BCUT2D eigenvalue weighted by atomic mass is 16.4. The second-order valence-corrected chi connectivity index (χ2v) is 0.505. The van der Waals surface area contributed by atoms with Crippen molar-refractivity contribution < 1.29 is 11.3 Å². The Hall–Kier alpha value is -0.570. The first kappa shape index (κ1) is 2.66. The molecule has 3 nitrogen and oxygen atoms in total. The molecule has 1 atom stereocenters. The second kappa shape index (κ2) is 1.72. The molecule has 0 rings (SSSR count). The van der Waals surface area contributed by atoms with Gasteiger partial charge in [-0.3, -0.25) is 4.79 Å². The Morgan fingerprint density at radius 3 is 2.60 bits per heavy atom. The van der Waals surface area contributed by atoms with Crippen molar-refractivity contribution in [1.29, 1.82) is 0 Å². The Balaban J connectivity index is 3.26. The molecular weight excluding hydrogens is 70.0 g/mol. The highest BCUT2D eigenvalue weighted by molar-refractivity contribution is 5.68. The van der Waals surface area contributed by atoms with E-state index >= 15 is 0 Å². The minimum atomic E-state index is -1.48. The number of aliphatic carboxylic acids is 1. The topological polar surface area (TPSA) is 63.3 Å². The quantitative estimate of drug-likeness (QED) is 0.423. The van der Waals surface area contributed by atoms with Crippen molar-refractivity contribution in [2.75, 3.05) is 6.52 Å². The zero-order valence-electron chi connectivity index (χ0n) is 3.51. The Labute approximate surface area is 30.8 Å². The fourth-order valence-corrected chi connectivity index (χ4v) is 0. The SMILES string of the molecule is [3H]C(N)C(=O)O. The molecule has 0 heterocycles. The van der Waals surface area contributed by atoms with Crippen molar-refractivity contribution in [1.82, 2.24) is 0 Å². The molecule has 0 aromatic rings. The van der Waals surface area contributed by atoms with Gasteiger partial charge in [-0.2, -0.15) is 0 Å². The van der Waals surface area contributed by atoms with Crippen molar-refractivity contribution in [3.8, 4) is 0 Å². The normalized spacial score (nSPS) is 16.6. The van der Waals surface area contributed by atoms with Gasteiger partial charge in [0.1, 0.15) is 0 Å². The predicted molar refractivity (Wildman–Crippen MR) is 16.7 cm³/mol. The van der Waals surface area contributed by atoms with E-state index in [0.29, 0.717) is 0 Å². The maximum atomic E-state index is 9.39. The molecule has 0 bridgehead atoms. The number of nitrogens with two attached hydrogens (primary N) is 1. The van der Waals surface area contributed by atoms with E-state index < -0.39 is 12.5 Å². The first-order valence-electron chi connectivity index (χ1n) is 1.63. The van der Waals surface area contributed by atoms with Crippen molar-refractivity contribution in [2.24, 2.45) is 5.73 Å². The van der Waals surface area contributed by atoms with Crippen LogP contribution in [0.25, 0.3) is 0 Å². The minimum Gasteiger partial charge on any atom is -0.480 e. The van der Waals surface area contributed by atoms with Crippen LogP contribution < -0.4 is 5.73 Å². The highest BCUT2D eigenvalue weighted by Gasteiger charge is 1.81. The van der Waals surface area contributed by atoms with Crippen molar-refractivity contribution >= 4 is 5.97 Å². The molecule has 0 spiro atoms. The summed E-state index contributed by atoms with van der Waals surface area (Å²) in [4.78, 5) is 9.39. The monoisotopic (exact) mass is 77.0 g/mol. The van der Waals surface area contributed by atoms with Gasteiger partial charge in [0.2, 0.25) is 0 Å². The first-order valence-corrected chi connectivity index (χ1v) is 1.05. The van der Waals surface area contributed by atoms with E-state index in [-0.39, 0.29) is 0 Å². The van der Waals surface area contributed by atoms with E-state index in [0.717, 1.165) is 0 Å². The summed E-state index contributed by atoms with van der Waals surface area (Å²) in [5.74, 6) is -1.30. The summed E-state index contributed by atoms with van der Waals surface area (Å²) in [5.41, 5.74) is 4.50. The van der Waals surface area contributed by atoms with Gasteiger partial charge < -0.3 is 10.8 Å². The molecule has 3 N–H and O–H groups in total. The standard InChI is InChI=1S/C2H5NO2/c3-1-2(4)5/h1,3H2,(H,4,5)/i1T. The molecule has 30 valence electrons. The van der Waals surface area contributed by atoms with Crippen molar-refractivity contribution in [3.05, 3.63) is 0 Å². The summed E-state index contributed by atoms with van der Waals surface area (Å²) in [6.07, 6.45) is 0. The lowest BCUT2D eigenvalue weighted by atomic mass is 10.7. The smallest absolute Gasteiger partial charge is 0.317 e. The molecule has 0 aliphatic carbocycles. The lowest BCUT2D eigenvalue weighted by molar-refractivity contribution is -0.135. The number of carboxylic acids is 1. The maximum absolute atomic E-state index is 9.39. The predicted octanol–water partition coefficient (Wildman–Crippen LogP) is -0.970. The molecule has 3 heteroatoms. The third-order valence-corrected chi connectivity index (χ3v) is 0.143. The van der Waals surface area contributed by atoms with Gasteiger partial charge >= 0.3 is 5.97 Å². The van der Waals surface area contributed by atoms with E-state index in [1.807, 2.05) is 0 Å². The molecule has 0 amide bonds. The summed E-state index contributed by atoms with van der Waals surface area (Å²) in [6, 6.07) is 0. The average Bonchev–Trinajstić information content (AvgIpc) is 1.36. The van der Waals surface area contributed by atoms with E-state index in [9.17, 15) is 4.79 Å². The summed E-state index contributed by atoms with van der Waals surface area (Å²) in [5, 5.41) is 7.68. The van der Waals surface area contributed by atoms with Crippen LogP contribution in [-0.4, -0.2) is 17.6 Å². The van der Waals surface area contributed by atoms with Gasteiger partial charge in [0.25, 0.3) is 0 Å². The largest absolute Gasteiger partial charge is 0.480 e. The molecule has 0 radical (unpaired) electrons. The molecular formula is C2H5NO2. The minimum absolute atomic E-state index is 1.30. The maximum Gasteiger partial charge on any atom is 0.317 e. The highest BCUT2D eigenvalue weighted by Crippen LogP contribution is 1.43. The lowest BCUT2D eigenvalue weighted by Gasteiger charge is -1.73. The van der Waals surface area contributed by atoms with Crippen LogP contribution in [0.1, 0.15) is 1.37 Å². The molecule has 0 saturated carbocycles. The fourth-order valence-electron chi connectivity index (χ4n) is 0. The number of carboxylic acid groups (broad SMARTS) is 1. The molecule has 0 saturated heterocycles. The summed E-state index contributed by atoms with van der Waals surface area (Å²) < 4.78 is 6.21. The molecule has 0 aliphatic heterocycles. The summed E-state index contributed by atoms with van der Waals surface area (Å²) in [7, 11) is 0. The van der Waals surface area contributed by atoms with E-state index in [1.165, 1.54) is 0 Å². The Kier molecular flexibility index (Phi) is 0.914. The molecule has 0 aliphatic rings. The van der Waals surface area contributed by atoms with E-state index in [4.69, 9.17) is 6.48 Å². The third-order valence-electron chi connectivity index (χ3n) is 0.143. The van der Waals surface area contributed by atoms with Crippen molar-refractivity contribution in [2.45, 2.75) is 0 Å².